The molecule has 7 atom stereocenters. The first-order valence-corrected chi connectivity index (χ1v) is 26.7. The molecule has 18 nitrogen and oxygen atoms in total. The molecule has 0 saturated carbocycles. The number of aliphatic hydroxyl groups excluding tert-OH is 1. The van der Waals surface area contributed by atoms with Gasteiger partial charge in [-0.15, -0.1) is 0 Å². The summed E-state index contributed by atoms with van der Waals surface area (Å²) in [5.41, 5.74) is 15.2. The molecule has 0 spiro atoms. The minimum absolute atomic E-state index is 0.00821. The fraction of sp³-hybridized carbons (Fsp3) is 0.340. The number of aromatic amines is 1. The van der Waals surface area contributed by atoms with Crippen molar-refractivity contribution in [1.82, 2.24) is 41.9 Å². The van der Waals surface area contributed by atoms with E-state index in [1.54, 1.807) is 24.5 Å². The monoisotopic (exact) mass is 1020 g/mol. The molecule has 2 aromatic heterocycles. The number of amides is 6. The average Bonchev–Trinajstić information content (AvgIpc) is 3.76. The Balaban J connectivity index is 1.32. The van der Waals surface area contributed by atoms with Crippen molar-refractivity contribution in [1.29, 1.82) is 0 Å². The van der Waals surface area contributed by atoms with Gasteiger partial charge in [0, 0.05) is 67.0 Å². The lowest BCUT2D eigenvalue weighted by Crippen LogP contribution is -2.59. The summed E-state index contributed by atoms with van der Waals surface area (Å²) in [6, 6.07) is 21.2. The molecule has 0 aliphatic carbocycles. The van der Waals surface area contributed by atoms with Crippen LogP contribution < -0.4 is 43.4 Å². The van der Waals surface area contributed by atoms with Gasteiger partial charge in [-0.05, 0) is 71.2 Å². The molecule has 368 valence electrons. The molecule has 2 heterocycles. The van der Waals surface area contributed by atoms with Crippen LogP contribution in [0.3, 0.4) is 0 Å². The molecule has 69 heavy (non-hydrogen) atoms. The zero-order chi connectivity index (χ0) is 49.7. The molecule has 5 rings (SSSR count). The molecular formula is C47H58N10O8S4. The number of pyridine rings is 1. The molecule has 6 amide bonds. The number of hydrogen-bond acceptors (Lipinski definition) is 15. The van der Waals surface area contributed by atoms with Crippen LogP contribution >= 0.6 is 43.2 Å². The van der Waals surface area contributed by atoms with Crippen LogP contribution in [0.1, 0.15) is 23.6 Å². The fourth-order valence-electron chi connectivity index (χ4n) is 6.69. The van der Waals surface area contributed by atoms with Crippen molar-refractivity contribution in [2.45, 2.75) is 73.6 Å². The predicted octanol–water partition coefficient (Wildman–Crippen LogP) is 1.96. The van der Waals surface area contributed by atoms with E-state index in [0.29, 0.717) is 11.3 Å². The number of hydrogen-bond donors (Lipinski definition) is 11. The molecule has 0 radical (unpaired) electrons. The highest BCUT2D eigenvalue weighted by atomic mass is 33.1. The number of likely N-dealkylation sites (N-methyl/N-ethyl adjacent to an activating group) is 1. The number of phenols is 1. The number of para-hydroxylation sites is 1. The number of aromatic nitrogens is 2. The molecule has 22 heteroatoms. The number of aromatic hydroxyl groups is 1. The summed E-state index contributed by atoms with van der Waals surface area (Å²) in [5.74, 6) is -3.38. The zero-order valence-electron chi connectivity index (χ0n) is 38.0. The van der Waals surface area contributed by atoms with Gasteiger partial charge in [0.15, 0.2) is 0 Å². The van der Waals surface area contributed by atoms with Gasteiger partial charge in [0.2, 0.25) is 35.4 Å². The second-order valence-electron chi connectivity index (χ2n) is 15.8. The number of rotatable bonds is 27. The lowest BCUT2D eigenvalue weighted by molar-refractivity contribution is -0.133. The third-order valence-corrected chi connectivity index (χ3v) is 15.2. The molecule has 0 aliphatic heterocycles. The summed E-state index contributed by atoms with van der Waals surface area (Å²) in [6.45, 7) is 1.62. The molecular weight excluding hydrogens is 961 g/mol. The Kier molecular flexibility index (Phi) is 22.0. The van der Waals surface area contributed by atoms with E-state index in [-0.39, 0.29) is 43.1 Å². The van der Waals surface area contributed by atoms with Crippen molar-refractivity contribution in [2.24, 2.45) is 11.5 Å². The maximum Gasteiger partial charge on any atom is 0.244 e. The van der Waals surface area contributed by atoms with Crippen LogP contribution in [0.4, 0.5) is 0 Å². The van der Waals surface area contributed by atoms with E-state index in [4.69, 9.17) is 11.5 Å². The number of H-pyrrole nitrogens is 1. The highest BCUT2D eigenvalue weighted by Crippen LogP contribution is 2.28. The second kappa shape index (κ2) is 28.0. The van der Waals surface area contributed by atoms with E-state index in [0.717, 1.165) is 48.6 Å². The third kappa shape index (κ3) is 17.6. The van der Waals surface area contributed by atoms with Crippen LogP contribution in [0.15, 0.2) is 114 Å². The first-order chi connectivity index (χ1) is 33.2. The predicted molar refractivity (Wildman–Crippen MR) is 274 cm³/mol. The number of phenolic OH excluding ortho intramolecular Hbond substituents is 1. The standard InChI is InChI=1S/C47H58N10O8S4/c1-28(58)41(49)47(65)57-38(44(62)52-20-21-66-69-40-14-8-9-19-51-40)26-67-68-27-39(56-42(60)34(48)22-29-10-4-3-5-11-29)46(64)54-36(23-30-15-17-32(59)18-16-30)45(63)55-37(43(61)50-2)24-31-25-53-35-13-7-6-12-33(31)35/h3-19,25,28,34,36-39,41,53,58-59H,20-24,26-27,48-49H2,1-2H3,(H,50,61)(H,52,62)(H,54,64)(H,55,63)(H,56,60)(H,57,65)/t28-,34-,36+,37-,38+,39+,41+/m1/s1. The number of benzene rings is 3. The van der Waals surface area contributed by atoms with E-state index in [9.17, 15) is 39.0 Å². The van der Waals surface area contributed by atoms with Crippen LogP contribution in [0.25, 0.3) is 10.9 Å². The zero-order valence-corrected chi connectivity index (χ0v) is 41.2. The van der Waals surface area contributed by atoms with Crippen molar-refractivity contribution in [3.05, 3.63) is 126 Å². The number of nitrogens with zero attached hydrogens (tertiary/aromatic N) is 1. The quantitative estimate of drug-likeness (QED) is 0.0265. The minimum atomic E-state index is -1.31. The molecule has 0 fully saturated rings. The Labute approximate surface area is 416 Å². The highest BCUT2D eigenvalue weighted by molar-refractivity contribution is 8.77. The van der Waals surface area contributed by atoms with Crippen molar-refractivity contribution in [3.63, 3.8) is 0 Å². The van der Waals surface area contributed by atoms with Crippen molar-refractivity contribution < 1.29 is 39.0 Å². The molecule has 0 unspecified atom stereocenters. The summed E-state index contributed by atoms with van der Waals surface area (Å²) in [5, 5.41) is 38.0. The smallest absolute Gasteiger partial charge is 0.244 e. The Morgan fingerprint density at radius 1 is 0.652 bits per heavy atom. The average molecular weight is 1020 g/mol. The summed E-state index contributed by atoms with van der Waals surface area (Å²) in [4.78, 5) is 89.5. The number of fused-ring (bicyclic) bond motifs is 1. The van der Waals surface area contributed by atoms with Crippen LogP contribution in [-0.2, 0) is 48.0 Å². The fourth-order valence-corrected chi connectivity index (χ4v) is 10.8. The number of carbonyl (C=O) groups excluding carboxylic acids is 6. The highest BCUT2D eigenvalue weighted by Gasteiger charge is 2.32. The molecule has 0 saturated heterocycles. The van der Waals surface area contributed by atoms with Gasteiger partial charge in [0.1, 0.15) is 41.0 Å². The van der Waals surface area contributed by atoms with Crippen molar-refractivity contribution >= 4 is 89.5 Å². The molecule has 0 aliphatic rings. The van der Waals surface area contributed by atoms with Gasteiger partial charge in [-0.2, -0.15) is 0 Å². The molecule has 13 N–H and O–H groups in total. The molecule has 0 bridgehead atoms. The van der Waals surface area contributed by atoms with Gasteiger partial charge in [0.25, 0.3) is 0 Å². The van der Waals surface area contributed by atoms with Crippen LogP contribution in [0.5, 0.6) is 5.75 Å². The first-order valence-electron chi connectivity index (χ1n) is 21.9. The molecule has 3 aromatic carbocycles. The minimum Gasteiger partial charge on any atom is -0.508 e. The Bertz CT molecular complexity index is 2450. The number of aliphatic hydroxyl groups is 1. The largest absolute Gasteiger partial charge is 0.508 e. The van der Waals surface area contributed by atoms with Gasteiger partial charge in [-0.1, -0.05) is 99.1 Å². The Morgan fingerprint density at radius 2 is 1.25 bits per heavy atom. The molecule has 5 aromatic rings. The van der Waals surface area contributed by atoms with Crippen molar-refractivity contribution in [3.8, 4) is 5.75 Å². The van der Waals surface area contributed by atoms with Gasteiger partial charge in [-0.3, -0.25) is 28.8 Å². The first kappa shape index (κ1) is 54.2. The Hall–Kier alpha value is -5.75. The third-order valence-electron chi connectivity index (χ3n) is 10.5. The number of nitrogens with two attached hydrogens (primary N) is 2. The van der Waals surface area contributed by atoms with Crippen LogP contribution in [0.2, 0.25) is 0 Å². The normalized spacial score (nSPS) is 14.2. The summed E-state index contributed by atoms with van der Waals surface area (Å²) in [7, 11) is 6.63. The topological polar surface area (TPSA) is 296 Å². The maximum atomic E-state index is 14.4. The van der Waals surface area contributed by atoms with Gasteiger partial charge in [-0.25, -0.2) is 4.98 Å². The van der Waals surface area contributed by atoms with E-state index in [2.05, 4.69) is 41.9 Å². The van der Waals surface area contributed by atoms with Gasteiger partial charge >= 0.3 is 0 Å². The van der Waals surface area contributed by atoms with Gasteiger partial charge < -0.3 is 58.6 Å². The lowest BCUT2D eigenvalue weighted by atomic mass is 10.0. The van der Waals surface area contributed by atoms with E-state index < -0.39 is 77.8 Å². The van der Waals surface area contributed by atoms with Crippen molar-refractivity contribution in [2.75, 3.05) is 30.9 Å². The summed E-state index contributed by atoms with van der Waals surface area (Å²) in [6.07, 6.45) is 2.48. The second-order valence-corrected chi connectivity index (χ2v) is 20.8. The maximum absolute atomic E-state index is 14.4. The van der Waals surface area contributed by atoms with Crippen LogP contribution in [0, 0.1) is 0 Å². The number of carbonyl (C=O) groups is 6. The van der Waals surface area contributed by atoms with E-state index in [1.807, 2.05) is 72.8 Å². The summed E-state index contributed by atoms with van der Waals surface area (Å²) >= 11 is 0. The van der Waals surface area contributed by atoms with E-state index >= 15 is 0 Å². The summed E-state index contributed by atoms with van der Waals surface area (Å²) < 4.78 is 0. The SMILES string of the molecule is CNC(=O)[C@@H](Cc1c[nH]c2ccccc12)NC(=O)[C@H](Cc1ccc(O)cc1)NC(=O)[C@H](CSSC[C@H](NC(=O)[C@@H](N)[C@@H](C)O)C(=O)NCCSSc1ccccn1)NC(=O)[C@H](N)Cc1ccccc1. The Morgan fingerprint density at radius 3 is 1.91 bits per heavy atom. The van der Waals surface area contributed by atoms with E-state index in [1.165, 1.54) is 47.7 Å². The van der Waals surface area contributed by atoms with Gasteiger partial charge in [0.05, 0.1) is 12.1 Å². The number of nitrogens with one attached hydrogen (secondary N) is 7. The van der Waals surface area contributed by atoms with Crippen LogP contribution in [-0.4, -0.2) is 129 Å². The lowest BCUT2D eigenvalue weighted by Gasteiger charge is -2.26.